The van der Waals surface area contributed by atoms with E-state index in [0.717, 1.165) is 0 Å². The summed E-state index contributed by atoms with van der Waals surface area (Å²) in [6, 6.07) is 0.667. The van der Waals surface area contributed by atoms with Crippen molar-refractivity contribution in [3.8, 4) is 0 Å². The van der Waals surface area contributed by atoms with Crippen LogP contribution >= 0.6 is 11.6 Å². The first-order chi connectivity index (χ1) is 7.47. The second-order valence-corrected chi connectivity index (χ2v) is 3.13. The van der Waals surface area contributed by atoms with E-state index in [2.05, 4.69) is 9.72 Å². The summed E-state index contributed by atoms with van der Waals surface area (Å²) in [5.74, 6) is -2.29. The van der Waals surface area contributed by atoms with Gasteiger partial charge in [0.25, 0.3) is 6.43 Å². The van der Waals surface area contributed by atoms with Crippen LogP contribution in [0.5, 0.6) is 0 Å². The van der Waals surface area contributed by atoms with Crippen molar-refractivity contribution in [1.82, 2.24) is 4.98 Å². The molecule has 1 rings (SSSR count). The smallest absolute Gasteiger partial charge is 0.357 e. The molecule has 0 aliphatic carbocycles. The highest BCUT2D eigenvalue weighted by Crippen LogP contribution is 2.26. The van der Waals surface area contributed by atoms with Gasteiger partial charge in [-0.05, 0) is 13.0 Å². The fourth-order valence-electron chi connectivity index (χ4n) is 1.01. The first-order valence-corrected chi connectivity index (χ1v) is 4.66. The fraction of sp³-hybridized carbons (Fsp3) is 0.333. The number of carbonyl (C=O) groups excluding carboxylic acids is 1. The molecule has 0 aliphatic heterocycles. The Morgan fingerprint density at radius 1 is 1.62 bits per heavy atom. The van der Waals surface area contributed by atoms with Gasteiger partial charge in [0.1, 0.15) is 0 Å². The van der Waals surface area contributed by atoms with E-state index in [1.54, 1.807) is 0 Å². The minimum absolute atomic E-state index is 0.0204. The number of pyridine rings is 1. The summed E-state index contributed by atoms with van der Waals surface area (Å²) >= 11 is 5.29. The molecule has 0 spiro atoms. The topological polar surface area (TPSA) is 39.2 Å². The van der Waals surface area contributed by atoms with E-state index < -0.39 is 34.6 Å². The number of hydrogen-bond acceptors (Lipinski definition) is 3. The van der Waals surface area contributed by atoms with Gasteiger partial charge < -0.3 is 4.74 Å². The third-order valence-corrected chi connectivity index (χ3v) is 1.93. The maximum atomic E-state index is 12.9. The maximum absolute atomic E-state index is 12.9. The molecule has 0 saturated heterocycles. The molecular formula is C9H7ClF3NO2. The van der Waals surface area contributed by atoms with Crippen LogP contribution in [0.3, 0.4) is 0 Å². The standard InChI is InChI=1S/C9H7ClF3NO2/c1-2-16-9(15)6-4(7(11)12)3-5(10)8(13)14-6/h3,7H,2H2,1H3. The van der Waals surface area contributed by atoms with Crippen LogP contribution in [-0.2, 0) is 4.74 Å². The Morgan fingerprint density at radius 2 is 2.25 bits per heavy atom. The second-order valence-electron chi connectivity index (χ2n) is 2.72. The van der Waals surface area contributed by atoms with Crippen LogP contribution in [-0.4, -0.2) is 17.6 Å². The molecule has 0 unspecified atom stereocenters. The molecule has 7 heteroatoms. The average molecular weight is 254 g/mol. The van der Waals surface area contributed by atoms with E-state index in [1.165, 1.54) is 6.92 Å². The quantitative estimate of drug-likeness (QED) is 0.614. The predicted molar refractivity (Wildman–Crippen MR) is 50.1 cm³/mol. The van der Waals surface area contributed by atoms with E-state index in [1.807, 2.05) is 0 Å². The summed E-state index contributed by atoms with van der Waals surface area (Å²) in [6.45, 7) is 1.47. The predicted octanol–water partition coefficient (Wildman–Crippen LogP) is 2.99. The number of carbonyl (C=O) groups is 1. The number of esters is 1. The molecule has 0 N–H and O–H groups in total. The monoisotopic (exact) mass is 253 g/mol. The highest BCUT2D eigenvalue weighted by molar-refractivity contribution is 6.30. The number of ether oxygens (including phenoxy) is 1. The number of alkyl halides is 2. The summed E-state index contributed by atoms with van der Waals surface area (Å²) in [5.41, 5.74) is -1.50. The lowest BCUT2D eigenvalue weighted by molar-refractivity contribution is 0.0506. The van der Waals surface area contributed by atoms with Gasteiger partial charge >= 0.3 is 5.97 Å². The minimum atomic E-state index is -2.98. The molecule has 1 aromatic heterocycles. The molecular weight excluding hydrogens is 247 g/mol. The van der Waals surface area contributed by atoms with Gasteiger partial charge in [0.05, 0.1) is 17.2 Å². The van der Waals surface area contributed by atoms with Crippen LogP contribution in [0.1, 0.15) is 29.4 Å². The van der Waals surface area contributed by atoms with Crippen molar-refractivity contribution in [2.24, 2.45) is 0 Å². The Morgan fingerprint density at radius 3 is 2.75 bits per heavy atom. The first kappa shape index (κ1) is 12.8. The number of aromatic nitrogens is 1. The highest BCUT2D eigenvalue weighted by atomic mass is 35.5. The van der Waals surface area contributed by atoms with Crippen LogP contribution in [0.25, 0.3) is 0 Å². The van der Waals surface area contributed by atoms with Crippen molar-refractivity contribution in [2.45, 2.75) is 13.3 Å². The minimum Gasteiger partial charge on any atom is -0.461 e. The van der Waals surface area contributed by atoms with Crippen molar-refractivity contribution < 1.29 is 22.7 Å². The summed E-state index contributed by atoms with van der Waals surface area (Å²) in [6.07, 6.45) is -2.98. The number of nitrogens with zero attached hydrogens (tertiary/aromatic N) is 1. The van der Waals surface area contributed by atoms with Crippen molar-refractivity contribution in [1.29, 1.82) is 0 Å². The largest absolute Gasteiger partial charge is 0.461 e. The molecule has 0 bridgehead atoms. The van der Waals surface area contributed by atoms with Gasteiger partial charge in [0, 0.05) is 0 Å². The highest BCUT2D eigenvalue weighted by Gasteiger charge is 2.23. The van der Waals surface area contributed by atoms with E-state index in [4.69, 9.17) is 11.6 Å². The summed E-state index contributed by atoms with van der Waals surface area (Å²) in [7, 11) is 0. The van der Waals surface area contributed by atoms with Gasteiger partial charge in [0.15, 0.2) is 5.69 Å². The third kappa shape index (κ3) is 2.63. The molecule has 0 atom stereocenters. The van der Waals surface area contributed by atoms with Crippen molar-refractivity contribution in [3.05, 3.63) is 28.3 Å². The molecule has 0 aliphatic rings. The first-order valence-electron chi connectivity index (χ1n) is 4.28. The van der Waals surface area contributed by atoms with Gasteiger partial charge in [-0.3, -0.25) is 0 Å². The Balaban J connectivity index is 3.24. The molecule has 3 nitrogen and oxygen atoms in total. The SMILES string of the molecule is CCOC(=O)c1nc(F)c(Cl)cc1C(F)F. The van der Waals surface area contributed by atoms with Crippen LogP contribution in [0, 0.1) is 5.95 Å². The van der Waals surface area contributed by atoms with E-state index in [0.29, 0.717) is 6.07 Å². The molecule has 0 saturated carbocycles. The lowest BCUT2D eigenvalue weighted by Gasteiger charge is -2.07. The number of rotatable bonds is 3. The lowest BCUT2D eigenvalue weighted by Crippen LogP contribution is -2.12. The number of hydrogen-bond donors (Lipinski definition) is 0. The molecule has 0 amide bonds. The lowest BCUT2D eigenvalue weighted by atomic mass is 10.2. The Bertz CT molecular complexity index is 412. The molecule has 88 valence electrons. The molecule has 16 heavy (non-hydrogen) atoms. The van der Waals surface area contributed by atoms with Gasteiger partial charge in [0.2, 0.25) is 5.95 Å². The number of halogens is 4. The zero-order valence-electron chi connectivity index (χ0n) is 8.14. The van der Waals surface area contributed by atoms with Crippen molar-refractivity contribution >= 4 is 17.6 Å². The zero-order valence-corrected chi connectivity index (χ0v) is 8.89. The Kier molecular flexibility index (Phi) is 4.12. The normalized spacial score (nSPS) is 10.6. The van der Waals surface area contributed by atoms with Gasteiger partial charge in [-0.1, -0.05) is 11.6 Å². The van der Waals surface area contributed by atoms with Crippen LogP contribution in [0.4, 0.5) is 13.2 Å². The average Bonchev–Trinajstić information content (AvgIpc) is 2.21. The van der Waals surface area contributed by atoms with Crippen molar-refractivity contribution in [2.75, 3.05) is 6.61 Å². The molecule has 1 heterocycles. The molecule has 0 fully saturated rings. The fourth-order valence-corrected chi connectivity index (χ4v) is 1.17. The summed E-state index contributed by atoms with van der Waals surface area (Å²) in [5, 5.41) is -0.566. The van der Waals surface area contributed by atoms with Gasteiger partial charge in [-0.2, -0.15) is 4.39 Å². The third-order valence-electron chi connectivity index (χ3n) is 1.67. The van der Waals surface area contributed by atoms with E-state index in [9.17, 15) is 18.0 Å². The maximum Gasteiger partial charge on any atom is 0.357 e. The molecule has 0 radical (unpaired) electrons. The summed E-state index contributed by atoms with van der Waals surface area (Å²) in [4.78, 5) is 14.3. The van der Waals surface area contributed by atoms with Crippen LogP contribution in [0.2, 0.25) is 5.02 Å². The molecule has 1 aromatic rings. The Hall–Kier alpha value is -1.30. The van der Waals surface area contributed by atoms with Gasteiger partial charge in [-0.15, -0.1) is 0 Å². The summed E-state index contributed by atoms with van der Waals surface area (Å²) < 4.78 is 42.4. The zero-order chi connectivity index (χ0) is 12.3. The van der Waals surface area contributed by atoms with Crippen molar-refractivity contribution in [3.63, 3.8) is 0 Å². The second kappa shape index (κ2) is 5.16. The Labute approximate surface area is 94.2 Å². The van der Waals surface area contributed by atoms with Crippen LogP contribution < -0.4 is 0 Å². The van der Waals surface area contributed by atoms with E-state index in [-0.39, 0.29) is 6.61 Å². The van der Waals surface area contributed by atoms with Gasteiger partial charge in [-0.25, -0.2) is 18.6 Å². The van der Waals surface area contributed by atoms with E-state index >= 15 is 0 Å². The molecule has 0 aromatic carbocycles. The van der Waals surface area contributed by atoms with Crippen LogP contribution in [0.15, 0.2) is 6.07 Å².